The number of likely N-dealkylation sites (tertiary alicyclic amines) is 1. The maximum atomic E-state index is 11.7. The summed E-state index contributed by atoms with van der Waals surface area (Å²) >= 11 is 7.01. The van der Waals surface area contributed by atoms with Gasteiger partial charge in [0.05, 0.1) is 31.1 Å². The summed E-state index contributed by atoms with van der Waals surface area (Å²) in [5, 5.41) is 0. The number of esters is 1. The predicted molar refractivity (Wildman–Crippen MR) is 82.9 cm³/mol. The first kappa shape index (κ1) is 16.9. The van der Waals surface area contributed by atoms with Crippen molar-refractivity contribution in [2.45, 2.75) is 25.9 Å². The van der Waals surface area contributed by atoms with Gasteiger partial charge in [-0.15, -0.1) is 11.3 Å². The van der Waals surface area contributed by atoms with E-state index in [2.05, 4.69) is 4.74 Å². The molecule has 122 valence electrons. The molecular formula is C14H18ClNO5S. The number of nitrogens with zero attached hydrogens (tertiary/aromatic N) is 1. The third kappa shape index (κ3) is 4.04. The van der Waals surface area contributed by atoms with Crippen molar-refractivity contribution in [1.82, 2.24) is 4.90 Å². The molecule has 22 heavy (non-hydrogen) atoms. The lowest BCUT2D eigenvalue weighted by Crippen LogP contribution is -2.56. The number of rotatable bonds is 6. The van der Waals surface area contributed by atoms with Gasteiger partial charge in [0.15, 0.2) is 4.88 Å². The summed E-state index contributed by atoms with van der Waals surface area (Å²) in [6.07, 6.45) is 1.33. The maximum Gasteiger partial charge on any atom is 0.410 e. The molecule has 1 aliphatic rings. The minimum Gasteiger partial charge on any atom is -0.485 e. The van der Waals surface area contributed by atoms with Crippen molar-refractivity contribution in [3.8, 4) is 5.75 Å². The van der Waals surface area contributed by atoms with E-state index in [-0.39, 0.29) is 12.2 Å². The van der Waals surface area contributed by atoms with Gasteiger partial charge < -0.3 is 19.1 Å². The molecular weight excluding hydrogens is 330 g/mol. The second-order valence-corrected chi connectivity index (χ2v) is 6.53. The summed E-state index contributed by atoms with van der Waals surface area (Å²) < 4.78 is 15.9. The lowest BCUT2D eigenvalue weighted by molar-refractivity contribution is 0.0102. The summed E-state index contributed by atoms with van der Waals surface area (Å²) in [5.41, 5.74) is 0. The normalized spacial score (nSPS) is 14.4. The van der Waals surface area contributed by atoms with Gasteiger partial charge in [-0.2, -0.15) is 0 Å². The van der Waals surface area contributed by atoms with Gasteiger partial charge in [-0.1, -0.05) is 24.9 Å². The minimum absolute atomic E-state index is 0.173. The lowest BCUT2D eigenvalue weighted by Gasteiger charge is -2.37. The Bertz CT molecular complexity index is 541. The van der Waals surface area contributed by atoms with Gasteiger partial charge in [0, 0.05) is 6.07 Å². The molecule has 6 nitrogen and oxygen atoms in total. The second kappa shape index (κ2) is 7.69. The number of methoxy groups -OCH3 is 1. The highest BCUT2D eigenvalue weighted by atomic mass is 35.5. The smallest absolute Gasteiger partial charge is 0.410 e. The van der Waals surface area contributed by atoms with Crippen molar-refractivity contribution >= 4 is 35.0 Å². The van der Waals surface area contributed by atoms with E-state index in [0.29, 0.717) is 34.7 Å². The Morgan fingerprint density at radius 2 is 2.18 bits per heavy atom. The first-order valence-corrected chi connectivity index (χ1v) is 8.20. The predicted octanol–water partition coefficient (Wildman–Crippen LogP) is 3.19. The molecule has 8 heteroatoms. The quantitative estimate of drug-likeness (QED) is 0.584. The van der Waals surface area contributed by atoms with Crippen LogP contribution in [0.3, 0.4) is 0 Å². The maximum absolute atomic E-state index is 11.7. The van der Waals surface area contributed by atoms with Gasteiger partial charge in [-0.05, 0) is 6.42 Å². The van der Waals surface area contributed by atoms with Gasteiger partial charge in [0.1, 0.15) is 11.9 Å². The highest BCUT2D eigenvalue weighted by Crippen LogP contribution is 2.34. The van der Waals surface area contributed by atoms with Crippen LogP contribution in [0.4, 0.5) is 4.79 Å². The van der Waals surface area contributed by atoms with Crippen LogP contribution in [0.1, 0.15) is 29.4 Å². The molecule has 1 aliphatic heterocycles. The van der Waals surface area contributed by atoms with E-state index < -0.39 is 5.97 Å². The Hall–Kier alpha value is -1.47. The fourth-order valence-corrected chi connectivity index (χ4v) is 2.97. The van der Waals surface area contributed by atoms with Crippen LogP contribution < -0.4 is 4.74 Å². The molecule has 0 bridgehead atoms. The molecule has 1 aromatic rings. The van der Waals surface area contributed by atoms with Crippen molar-refractivity contribution in [3.63, 3.8) is 0 Å². The zero-order valence-electron chi connectivity index (χ0n) is 12.5. The van der Waals surface area contributed by atoms with Crippen molar-refractivity contribution < 1.29 is 23.8 Å². The largest absolute Gasteiger partial charge is 0.485 e. The van der Waals surface area contributed by atoms with E-state index in [4.69, 9.17) is 21.1 Å². The van der Waals surface area contributed by atoms with E-state index in [1.54, 1.807) is 11.0 Å². The van der Waals surface area contributed by atoms with Crippen LogP contribution in [0, 0.1) is 0 Å². The zero-order chi connectivity index (χ0) is 16.1. The van der Waals surface area contributed by atoms with Crippen LogP contribution in [0.5, 0.6) is 5.75 Å². The number of carbonyl (C=O) groups excluding carboxylic acids is 2. The Labute approximate surface area is 137 Å². The third-order valence-corrected chi connectivity index (χ3v) is 4.39. The van der Waals surface area contributed by atoms with E-state index in [9.17, 15) is 9.59 Å². The molecule has 2 heterocycles. The number of halogens is 1. The van der Waals surface area contributed by atoms with Gasteiger partial charge in [0.2, 0.25) is 0 Å². The first-order chi connectivity index (χ1) is 10.5. The summed E-state index contributed by atoms with van der Waals surface area (Å²) in [7, 11) is 1.30. The molecule has 0 unspecified atom stereocenters. The molecule has 0 spiro atoms. The highest BCUT2D eigenvalue weighted by Gasteiger charge is 2.34. The van der Waals surface area contributed by atoms with Crippen LogP contribution >= 0.6 is 22.9 Å². The SMILES string of the molecule is CCCCOC(=O)N1CC(Oc2cc(Cl)sc2C(=O)OC)C1. The summed E-state index contributed by atoms with van der Waals surface area (Å²) in [4.78, 5) is 25.2. The number of amides is 1. The molecule has 1 fully saturated rings. The van der Waals surface area contributed by atoms with E-state index >= 15 is 0 Å². The summed E-state index contributed by atoms with van der Waals surface area (Å²) in [6, 6.07) is 1.58. The lowest BCUT2D eigenvalue weighted by atomic mass is 10.2. The molecule has 1 amide bonds. The molecule has 0 N–H and O–H groups in total. The van der Waals surface area contributed by atoms with Crippen LogP contribution in [0.25, 0.3) is 0 Å². The van der Waals surface area contributed by atoms with Gasteiger partial charge in [-0.25, -0.2) is 9.59 Å². The van der Waals surface area contributed by atoms with Crippen LogP contribution in [-0.2, 0) is 9.47 Å². The molecule has 0 atom stereocenters. The molecule has 2 rings (SSSR count). The van der Waals surface area contributed by atoms with E-state index in [1.807, 2.05) is 6.92 Å². The zero-order valence-corrected chi connectivity index (χ0v) is 14.0. The molecule has 0 aliphatic carbocycles. The fourth-order valence-electron chi connectivity index (χ4n) is 1.90. The fraction of sp³-hybridized carbons (Fsp3) is 0.571. The molecule has 0 radical (unpaired) electrons. The molecule has 1 saturated heterocycles. The van der Waals surface area contributed by atoms with Gasteiger partial charge in [0.25, 0.3) is 0 Å². The number of ether oxygens (including phenoxy) is 3. The third-order valence-electron chi connectivity index (χ3n) is 3.16. The topological polar surface area (TPSA) is 65.1 Å². The average Bonchev–Trinajstić information content (AvgIpc) is 2.82. The number of hydrogen-bond acceptors (Lipinski definition) is 6. The second-order valence-electron chi connectivity index (χ2n) is 4.85. The Balaban J connectivity index is 1.83. The molecule has 1 aromatic heterocycles. The van der Waals surface area contributed by atoms with Crippen LogP contribution in [0.15, 0.2) is 6.07 Å². The van der Waals surface area contributed by atoms with Crippen molar-refractivity contribution in [2.75, 3.05) is 26.8 Å². The Kier molecular flexibility index (Phi) is 5.90. The van der Waals surface area contributed by atoms with Gasteiger partial charge >= 0.3 is 12.1 Å². The molecule has 0 aromatic carbocycles. The highest BCUT2D eigenvalue weighted by molar-refractivity contribution is 7.18. The summed E-state index contributed by atoms with van der Waals surface area (Å²) in [6.45, 7) is 3.33. The number of unbranched alkanes of at least 4 members (excludes halogenated alkanes) is 1. The van der Waals surface area contributed by atoms with Gasteiger partial charge in [-0.3, -0.25) is 0 Å². The first-order valence-electron chi connectivity index (χ1n) is 7.01. The Morgan fingerprint density at radius 1 is 1.45 bits per heavy atom. The standard InChI is InChI=1S/C14H18ClNO5S/c1-3-4-5-20-14(18)16-7-9(8-16)21-10-6-11(15)22-12(10)13(17)19-2/h6,9H,3-5,7-8H2,1-2H3. The summed E-state index contributed by atoms with van der Waals surface area (Å²) in [5.74, 6) is -0.0899. The number of carbonyl (C=O) groups is 2. The Morgan fingerprint density at radius 3 is 2.82 bits per heavy atom. The van der Waals surface area contributed by atoms with Crippen molar-refractivity contribution in [3.05, 3.63) is 15.3 Å². The molecule has 0 saturated carbocycles. The average molecular weight is 348 g/mol. The van der Waals surface area contributed by atoms with Crippen molar-refractivity contribution in [2.24, 2.45) is 0 Å². The van der Waals surface area contributed by atoms with E-state index in [0.717, 1.165) is 24.2 Å². The van der Waals surface area contributed by atoms with Crippen LogP contribution in [0.2, 0.25) is 4.34 Å². The van der Waals surface area contributed by atoms with E-state index in [1.165, 1.54) is 7.11 Å². The number of hydrogen-bond donors (Lipinski definition) is 0. The monoisotopic (exact) mass is 347 g/mol. The minimum atomic E-state index is -0.484. The number of thiophene rings is 1. The van der Waals surface area contributed by atoms with Crippen LogP contribution in [-0.4, -0.2) is 49.9 Å². The van der Waals surface area contributed by atoms with Crippen molar-refractivity contribution in [1.29, 1.82) is 0 Å².